The molecule has 0 amide bonds. The van der Waals surface area contributed by atoms with Gasteiger partial charge in [0.2, 0.25) is 0 Å². The van der Waals surface area contributed by atoms with Crippen molar-refractivity contribution in [2.45, 2.75) is 52.0 Å². The van der Waals surface area contributed by atoms with Crippen molar-refractivity contribution in [2.75, 3.05) is 6.54 Å². The largest absolute Gasteiger partial charge is 0.338 e. The molecule has 0 aliphatic heterocycles. The number of nitrogens with one attached hydrogen (secondary N) is 1. The molecule has 1 aromatic heterocycles. The highest BCUT2D eigenvalue weighted by atomic mass is 15.0. The third kappa shape index (κ3) is 3.14. The molecule has 1 saturated carbocycles. The van der Waals surface area contributed by atoms with Crippen LogP contribution in [0.15, 0.2) is 12.4 Å². The summed E-state index contributed by atoms with van der Waals surface area (Å²) in [5.74, 6) is 3.00. The van der Waals surface area contributed by atoms with Gasteiger partial charge in [0, 0.05) is 31.9 Å². The number of aromatic nitrogens is 2. The molecule has 1 heterocycles. The van der Waals surface area contributed by atoms with Crippen LogP contribution in [0.3, 0.4) is 0 Å². The van der Waals surface area contributed by atoms with Crippen molar-refractivity contribution in [1.82, 2.24) is 14.9 Å². The van der Waals surface area contributed by atoms with Crippen LogP contribution < -0.4 is 5.32 Å². The fourth-order valence-electron chi connectivity index (χ4n) is 3.31. The number of likely N-dealkylation sites (N-methyl/N-ethyl adjacent to an activating group) is 1. The van der Waals surface area contributed by atoms with E-state index in [0.29, 0.717) is 6.04 Å². The SMILES string of the molecule is CCNC(Cc1nccn1C)C1CCC(CC)C1. The molecule has 1 aliphatic rings. The molecule has 0 bridgehead atoms. The van der Waals surface area contributed by atoms with Gasteiger partial charge < -0.3 is 9.88 Å². The van der Waals surface area contributed by atoms with E-state index in [1.807, 2.05) is 12.4 Å². The Hall–Kier alpha value is -0.830. The number of imidazole rings is 1. The van der Waals surface area contributed by atoms with Crippen molar-refractivity contribution < 1.29 is 0 Å². The molecular weight excluding hydrogens is 222 g/mol. The fraction of sp³-hybridized carbons (Fsp3) is 0.800. The highest BCUT2D eigenvalue weighted by molar-refractivity contribution is 4.97. The van der Waals surface area contributed by atoms with Gasteiger partial charge in [-0.2, -0.15) is 0 Å². The summed E-state index contributed by atoms with van der Waals surface area (Å²) in [7, 11) is 2.09. The van der Waals surface area contributed by atoms with Gasteiger partial charge in [-0.3, -0.25) is 0 Å². The van der Waals surface area contributed by atoms with Crippen LogP contribution in [0.1, 0.15) is 45.4 Å². The number of aryl methyl sites for hydroxylation is 1. The Morgan fingerprint density at radius 1 is 1.44 bits per heavy atom. The quantitative estimate of drug-likeness (QED) is 0.840. The molecule has 0 radical (unpaired) electrons. The van der Waals surface area contributed by atoms with Crippen LogP contribution in [0.25, 0.3) is 0 Å². The van der Waals surface area contributed by atoms with Gasteiger partial charge in [-0.05, 0) is 31.2 Å². The minimum atomic E-state index is 0.604. The van der Waals surface area contributed by atoms with Crippen molar-refractivity contribution in [2.24, 2.45) is 18.9 Å². The van der Waals surface area contributed by atoms with Gasteiger partial charge in [0.05, 0.1) is 0 Å². The second-order valence-corrected chi connectivity index (χ2v) is 5.67. The second-order valence-electron chi connectivity index (χ2n) is 5.67. The molecule has 1 fully saturated rings. The van der Waals surface area contributed by atoms with Crippen LogP contribution in [-0.4, -0.2) is 22.1 Å². The summed E-state index contributed by atoms with van der Waals surface area (Å²) in [5, 5.41) is 3.68. The van der Waals surface area contributed by atoms with E-state index in [1.54, 1.807) is 0 Å². The Labute approximate surface area is 111 Å². The van der Waals surface area contributed by atoms with Crippen LogP contribution in [0.2, 0.25) is 0 Å². The lowest BCUT2D eigenvalue weighted by Gasteiger charge is -2.24. The topological polar surface area (TPSA) is 29.9 Å². The van der Waals surface area contributed by atoms with E-state index in [9.17, 15) is 0 Å². The Morgan fingerprint density at radius 2 is 2.28 bits per heavy atom. The molecule has 18 heavy (non-hydrogen) atoms. The van der Waals surface area contributed by atoms with Crippen LogP contribution in [0.4, 0.5) is 0 Å². The minimum absolute atomic E-state index is 0.604. The lowest BCUT2D eigenvalue weighted by atomic mass is 9.93. The van der Waals surface area contributed by atoms with Crippen molar-refractivity contribution in [3.63, 3.8) is 0 Å². The van der Waals surface area contributed by atoms with Crippen molar-refractivity contribution in [3.8, 4) is 0 Å². The summed E-state index contributed by atoms with van der Waals surface area (Å²) >= 11 is 0. The highest BCUT2D eigenvalue weighted by Crippen LogP contribution is 2.35. The van der Waals surface area contributed by atoms with Crippen molar-refractivity contribution in [1.29, 1.82) is 0 Å². The van der Waals surface area contributed by atoms with E-state index in [-0.39, 0.29) is 0 Å². The normalized spacial score (nSPS) is 25.5. The van der Waals surface area contributed by atoms with Crippen LogP contribution >= 0.6 is 0 Å². The van der Waals surface area contributed by atoms with E-state index >= 15 is 0 Å². The molecule has 3 nitrogen and oxygen atoms in total. The van der Waals surface area contributed by atoms with E-state index in [0.717, 1.165) is 24.8 Å². The van der Waals surface area contributed by atoms with E-state index in [4.69, 9.17) is 0 Å². The first-order valence-electron chi connectivity index (χ1n) is 7.44. The van der Waals surface area contributed by atoms with Crippen molar-refractivity contribution >= 4 is 0 Å². The number of rotatable bonds is 6. The van der Waals surface area contributed by atoms with E-state index in [1.165, 1.54) is 31.5 Å². The molecule has 0 spiro atoms. The van der Waals surface area contributed by atoms with Gasteiger partial charge in [-0.1, -0.05) is 26.7 Å². The Bertz CT molecular complexity index is 358. The monoisotopic (exact) mass is 249 g/mol. The smallest absolute Gasteiger partial charge is 0.109 e. The van der Waals surface area contributed by atoms with Crippen LogP contribution in [-0.2, 0) is 13.5 Å². The van der Waals surface area contributed by atoms with E-state index in [2.05, 4.69) is 35.8 Å². The summed E-state index contributed by atoms with van der Waals surface area (Å²) in [6.07, 6.45) is 10.6. The third-order valence-corrected chi connectivity index (χ3v) is 4.52. The number of nitrogens with zero attached hydrogens (tertiary/aromatic N) is 2. The molecule has 3 unspecified atom stereocenters. The molecule has 3 heteroatoms. The first kappa shape index (κ1) is 13.6. The van der Waals surface area contributed by atoms with Crippen LogP contribution in [0, 0.1) is 11.8 Å². The first-order chi connectivity index (χ1) is 8.74. The number of hydrogen-bond donors (Lipinski definition) is 1. The zero-order valence-electron chi connectivity index (χ0n) is 12.0. The molecule has 1 N–H and O–H groups in total. The highest BCUT2D eigenvalue weighted by Gasteiger charge is 2.30. The molecule has 102 valence electrons. The Morgan fingerprint density at radius 3 is 2.83 bits per heavy atom. The van der Waals surface area contributed by atoms with Gasteiger partial charge in [0.15, 0.2) is 0 Å². The second kappa shape index (κ2) is 6.37. The molecule has 1 aliphatic carbocycles. The van der Waals surface area contributed by atoms with Gasteiger partial charge in [0.1, 0.15) is 5.82 Å². The van der Waals surface area contributed by atoms with Gasteiger partial charge in [0.25, 0.3) is 0 Å². The fourth-order valence-corrected chi connectivity index (χ4v) is 3.31. The minimum Gasteiger partial charge on any atom is -0.338 e. The molecule has 3 atom stereocenters. The van der Waals surface area contributed by atoms with Crippen LogP contribution in [0.5, 0.6) is 0 Å². The maximum absolute atomic E-state index is 4.47. The Kier molecular flexibility index (Phi) is 4.81. The predicted octanol–water partition coefficient (Wildman–Crippen LogP) is 2.77. The van der Waals surface area contributed by atoms with Gasteiger partial charge >= 0.3 is 0 Å². The molecule has 0 aromatic carbocycles. The predicted molar refractivity (Wildman–Crippen MR) is 75.5 cm³/mol. The zero-order chi connectivity index (χ0) is 13.0. The lowest BCUT2D eigenvalue weighted by molar-refractivity contribution is 0.343. The molecule has 2 rings (SSSR count). The van der Waals surface area contributed by atoms with E-state index < -0.39 is 0 Å². The van der Waals surface area contributed by atoms with Crippen molar-refractivity contribution in [3.05, 3.63) is 18.2 Å². The zero-order valence-corrected chi connectivity index (χ0v) is 12.0. The van der Waals surface area contributed by atoms with Gasteiger partial charge in [-0.25, -0.2) is 4.98 Å². The summed E-state index contributed by atoms with van der Waals surface area (Å²) in [5.41, 5.74) is 0. The summed E-state index contributed by atoms with van der Waals surface area (Å²) in [4.78, 5) is 4.47. The molecule has 1 aromatic rings. The summed E-state index contributed by atoms with van der Waals surface area (Å²) in [6.45, 7) is 5.59. The van der Waals surface area contributed by atoms with Gasteiger partial charge in [-0.15, -0.1) is 0 Å². The first-order valence-corrected chi connectivity index (χ1v) is 7.44. The maximum Gasteiger partial charge on any atom is 0.109 e. The third-order valence-electron chi connectivity index (χ3n) is 4.52. The average Bonchev–Trinajstić information content (AvgIpc) is 2.98. The summed E-state index contributed by atoms with van der Waals surface area (Å²) < 4.78 is 2.15. The standard InChI is InChI=1S/C15H27N3/c1-4-12-6-7-13(10-12)14(16-5-2)11-15-17-8-9-18(15)3/h8-9,12-14,16H,4-7,10-11H2,1-3H3. The molecular formula is C15H27N3. The maximum atomic E-state index is 4.47. The lowest BCUT2D eigenvalue weighted by Crippen LogP contribution is -2.37. The average molecular weight is 249 g/mol. The Balaban J connectivity index is 1.98. The molecule has 0 saturated heterocycles. The number of hydrogen-bond acceptors (Lipinski definition) is 2. The summed E-state index contributed by atoms with van der Waals surface area (Å²) in [6, 6.07) is 0.604.